The minimum Gasteiger partial charge on any atom is -0.339 e. The first-order valence-corrected chi connectivity index (χ1v) is 11.3. The highest BCUT2D eigenvalue weighted by Gasteiger charge is 2.28. The average Bonchev–Trinajstić information content (AvgIpc) is 2.82. The van der Waals surface area contributed by atoms with Crippen LogP contribution in [0.5, 0.6) is 0 Å². The normalized spacial score (nSPS) is 21.1. The quantitative estimate of drug-likeness (QED) is 0.613. The lowest BCUT2D eigenvalue weighted by atomic mass is 10.0. The van der Waals surface area contributed by atoms with Crippen LogP contribution in [-0.2, 0) is 11.3 Å². The number of fused-ring (bicyclic) bond motifs is 2. The highest BCUT2D eigenvalue weighted by molar-refractivity contribution is 5.94. The fraction of sp³-hybridized carbons (Fsp3) is 0.440. The van der Waals surface area contributed by atoms with Crippen molar-refractivity contribution < 1.29 is 4.79 Å². The third-order valence-corrected chi connectivity index (χ3v) is 6.96. The molecule has 2 aliphatic rings. The number of carbonyl (C=O) groups excluding carboxylic acids is 1. The van der Waals surface area contributed by atoms with Crippen LogP contribution in [0.4, 0.5) is 0 Å². The van der Waals surface area contributed by atoms with Crippen molar-refractivity contribution in [2.45, 2.75) is 25.4 Å². The summed E-state index contributed by atoms with van der Waals surface area (Å²) in [7, 11) is 2.20. The first-order valence-electron chi connectivity index (χ1n) is 11.3. The molecule has 0 bridgehead atoms. The smallest absolute Gasteiger partial charge is 0.242 e. The summed E-state index contributed by atoms with van der Waals surface area (Å²) in [6.07, 6.45) is 2.51. The summed E-state index contributed by atoms with van der Waals surface area (Å²) in [5.41, 5.74) is 1.67. The molecular weight excluding hydrogens is 388 g/mol. The van der Waals surface area contributed by atoms with Crippen molar-refractivity contribution in [2.75, 3.05) is 46.3 Å². The van der Waals surface area contributed by atoms with Crippen molar-refractivity contribution in [3.8, 4) is 0 Å². The van der Waals surface area contributed by atoms with Crippen molar-refractivity contribution in [2.24, 2.45) is 0 Å². The molecule has 0 spiro atoms. The number of amides is 1. The molecule has 0 aliphatic carbocycles. The molecule has 2 aliphatic heterocycles. The van der Waals surface area contributed by atoms with E-state index in [9.17, 15) is 9.59 Å². The van der Waals surface area contributed by atoms with Crippen molar-refractivity contribution in [3.05, 3.63) is 58.8 Å². The van der Waals surface area contributed by atoms with Gasteiger partial charge in [-0.05, 0) is 50.7 Å². The Balaban J connectivity index is 1.36. The molecule has 31 heavy (non-hydrogen) atoms. The highest BCUT2D eigenvalue weighted by atomic mass is 16.2. The van der Waals surface area contributed by atoms with Crippen LogP contribution in [0.3, 0.4) is 0 Å². The lowest BCUT2D eigenvalue weighted by molar-refractivity contribution is -0.134. The monoisotopic (exact) mass is 418 g/mol. The van der Waals surface area contributed by atoms with Gasteiger partial charge in [-0.25, -0.2) is 0 Å². The van der Waals surface area contributed by atoms with Crippen LogP contribution in [-0.4, -0.2) is 77.5 Å². The highest BCUT2D eigenvalue weighted by Crippen LogP contribution is 2.20. The maximum absolute atomic E-state index is 13.3. The summed E-state index contributed by atoms with van der Waals surface area (Å²) in [6.45, 7) is 6.00. The van der Waals surface area contributed by atoms with Gasteiger partial charge < -0.3 is 14.4 Å². The van der Waals surface area contributed by atoms with Crippen LogP contribution in [0.1, 0.15) is 12.8 Å². The molecule has 2 saturated heterocycles. The lowest BCUT2D eigenvalue weighted by Crippen LogP contribution is -2.55. The fourth-order valence-electron chi connectivity index (χ4n) is 5.26. The van der Waals surface area contributed by atoms with E-state index in [0.29, 0.717) is 16.8 Å². The van der Waals surface area contributed by atoms with Crippen molar-refractivity contribution in [3.63, 3.8) is 0 Å². The SMILES string of the molecule is CN1CCCC(N2CCN(C(=O)Cn3c4ccccc4c(=O)c4ccccc43)CC2)C1. The van der Waals surface area contributed by atoms with Gasteiger partial charge in [-0.15, -0.1) is 0 Å². The molecule has 6 heteroatoms. The number of piperidine rings is 1. The van der Waals surface area contributed by atoms with E-state index in [1.165, 1.54) is 19.4 Å². The zero-order valence-electron chi connectivity index (χ0n) is 18.2. The predicted molar refractivity (Wildman–Crippen MR) is 124 cm³/mol. The molecule has 0 radical (unpaired) electrons. The van der Waals surface area contributed by atoms with E-state index >= 15 is 0 Å². The molecule has 162 valence electrons. The summed E-state index contributed by atoms with van der Waals surface area (Å²) in [5, 5.41) is 1.33. The Morgan fingerprint density at radius 3 is 2.13 bits per heavy atom. The van der Waals surface area contributed by atoms with Crippen LogP contribution in [0.25, 0.3) is 21.8 Å². The van der Waals surface area contributed by atoms with E-state index in [4.69, 9.17) is 0 Å². The molecule has 0 saturated carbocycles. The minimum absolute atomic E-state index is 0.0287. The van der Waals surface area contributed by atoms with Crippen LogP contribution in [0.2, 0.25) is 0 Å². The maximum Gasteiger partial charge on any atom is 0.242 e. The Morgan fingerprint density at radius 1 is 0.903 bits per heavy atom. The molecule has 3 aromatic rings. The van der Waals surface area contributed by atoms with Gasteiger partial charge in [0, 0.05) is 49.5 Å². The van der Waals surface area contributed by atoms with Gasteiger partial charge in [0.25, 0.3) is 0 Å². The van der Waals surface area contributed by atoms with Gasteiger partial charge in [-0.3, -0.25) is 14.5 Å². The number of nitrogens with zero attached hydrogens (tertiary/aromatic N) is 4. The van der Waals surface area contributed by atoms with E-state index in [2.05, 4.69) is 16.8 Å². The predicted octanol–water partition coefficient (Wildman–Crippen LogP) is 2.39. The summed E-state index contributed by atoms with van der Waals surface area (Å²) in [6, 6.07) is 15.8. The van der Waals surface area contributed by atoms with E-state index in [-0.39, 0.29) is 17.9 Å². The van der Waals surface area contributed by atoms with Gasteiger partial charge >= 0.3 is 0 Å². The van der Waals surface area contributed by atoms with Gasteiger partial charge in [-0.1, -0.05) is 24.3 Å². The first-order chi connectivity index (χ1) is 15.1. The number of likely N-dealkylation sites (tertiary alicyclic amines) is 1. The molecule has 1 atom stereocenters. The van der Waals surface area contributed by atoms with Gasteiger partial charge in [0.1, 0.15) is 6.54 Å². The molecule has 0 N–H and O–H groups in total. The summed E-state index contributed by atoms with van der Waals surface area (Å²) >= 11 is 0. The van der Waals surface area contributed by atoms with Gasteiger partial charge in [-0.2, -0.15) is 0 Å². The topological polar surface area (TPSA) is 48.8 Å². The zero-order chi connectivity index (χ0) is 21.4. The second kappa shape index (κ2) is 8.44. The Bertz CT molecular complexity index is 1100. The number of aromatic nitrogens is 1. The molecular formula is C25H30N4O2. The van der Waals surface area contributed by atoms with Gasteiger partial charge in [0.2, 0.25) is 5.91 Å². The second-order valence-electron chi connectivity index (χ2n) is 8.92. The Labute approximate surface area is 182 Å². The number of piperazine rings is 1. The third kappa shape index (κ3) is 3.86. The summed E-state index contributed by atoms with van der Waals surface area (Å²) < 4.78 is 2.01. The number of pyridine rings is 1. The number of benzene rings is 2. The number of rotatable bonds is 3. The number of hydrogen-bond acceptors (Lipinski definition) is 4. The van der Waals surface area contributed by atoms with Crippen LogP contribution in [0, 0.1) is 0 Å². The Hall–Kier alpha value is -2.70. The maximum atomic E-state index is 13.3. The molecule has 6 nitrogen and oxygen atoms in total. The molecule has 1 unspecified atom stereocenters. The molecule has 3 heterocycles. The summed E-state index contributed by atoms with van der Waals surface area (Å²) in [5.74, 6) is 0.124. The van der Waals surface area contributed by atoms with Crippen LogP contribution in [0.15, 0.2) is 53.3 Å². The lowest BCUT2D eigenvalue weighted by Gasteiger charge is -2.42. The minimum atomic E-state index is 0.0287. The fourth-order valence-corrected chi connectivity index (χ4v) is 5.26. The van der Waals surface area contributed by atoms with Crippen molar-refractivity contribution >= 4 is 27.7 Å². The van der Waals surface area contributed by atoms with E-state index in [1.807, 2.05) is 58.0 Å². The van der Waals surface area contributed by atoms with Crippen LogP contribution >= 0.6 is 0 Å². The zero-order valence-corrected chi connectivity index (χ0v) is 18.2. The largest absolute Gasteiger partial charge is 0.339 e. The number of hydrogen-bond donors (Lipinski definition) is 0. The van der Waals surface area contributed by atoms with E-state index in [1.54, 1.807) is 0 Å². The van der Waals surface area contributed by atoms with Gasteiger partial charge in [0.05, 0.1) is 11.0 Å². The van der Waals surface area contributed by atoms with Crippen molar-refractivity contribution in [1.29, 1.82) is 0 Å². The molecule has 1 aromatic heterocycles. The van der Waals surface area contributed by atoms with E-state index in [0.717, 1.165) is 43.8 Å². The van der Waals surface area contributed by atoms with Crippen LogP contribution < -0.4 is 5.43 Å². The van der Waals surface area contributed by atoms with Crippen molar-refractivity contribution in [1.82, 2.24) is 19.3 Å². The molecule has 1 amide bonds. The van der Waals surface area contributed by atoms with Gasteiger partial charge in [0.15, 0.2) is 5.43 Å². The molecule has 5 rings (SSSR count). The molecule has 2 fully saturated rings. The standard InChI is InChI=1S/C25H30N4O2/c1-26-12-6-7-19(17-26)27-13-15-28(16-14-27)24(30)18-29-22-10-4-2-8-20(22)25(31)21-9-3-5-11-23(21)29/h2-5,8-11,19H,6-7,12-18H2,1H3. The molecule has 2 aromatic carbocycles. The number of para-hydroxylation sites is 2. The average molecular weight is 419 g/mol. The Kier molecular flexibility index (Phi) is 5.50. The first kappa shape index (κ1) is 20.2. The second-order valence-corrected chi connectivity index (χ2v) is 8.92. The Morgan fingerprint density at radius 2 is 1.52 bits per heavy atom. The van der Waals surface area contributed by atoms with E-state index < -0.39 is 0 Å². The number of carbonyl (C=O) groups is 1. The number of likely N-dealkylation sites (N-methyl/N-ethyl adjacent to an activating group) is 1. The summed E-state index contributed by atoms with van der Waals surface area (Å²) in [4.78, 5) is 33.2. The third-order valence-electron chi connectivity index (χ3n) is 6.96.